The van der Waals surface area contributed by atoms with Gasteiger partial charge in [0.25, 0.3) is 5.91 Å². The lowest BCUT2D eigenvalue weighted by Crippen LogP contribution is -2.25. The highest BCUT2D eigenvalue weighted by atomic mass is 32.2. The molecule has 4 rings (SSSR count). The Bertz CT molecular complexity index is 1200. The molecule has 0 atom stereocenters. The van der Waals surface area contributed by atoms with Crippen molar-refractivity contribution in [2.75, 3.05) is 12.4 Å². The molecule has 30 heavy (non-hydrogen) atoms. The molecule has 0 aliphatic heterocycles. The molecule has 9 heteroatoms. The summed E-state index contributed by atoms with van der Waals surface area (Å²) in [6, 6.07) is 13.9. The van der Waals surface area contributed by atoms with Crippen molar-refractivity contribution in [3.05, 3.63) is 65.3 Å². The summed E-state index contributed by atoms with van der Waals surface area (Å²) in [7, 11) is -2.24. The van der Waals surface area contributed by atoms with Crippen LogP contribution in [0.5, 0.6) is 5.75 Å². The van der Waals surface area contributed by atoms with E-state index in [1.807, 2.05) is 0 Å². The van der Waals surface area contributed by atoms with Crippen molar-refractivity contribution < 1.29 is 22.3 Å². The molecule has 3 aromatic rings. The van der Waals surface area contributed by atoms with E-state index < -0.39 is 15.9 Å². The number of ether oxygens (including phenoxy) is 1. The largest absolute Gasteiger partial charge is 0.495 e. The molecule has 1 heterocycles. The molecule has 1 saturated carbocycles. The Morgan fingerprint density at radius 3 is 2.60 bits per heavy atom. The fraction of sp³-hybridized carbons (Fsp3) is 0.190. The Labute approximate surface area is 177 Å². The van der Waals surface area contributed by atoms with E-state index in [0.29, 0.717) is 21.1 Å². The van der Waals surface area contributed by atoms with E-state index >= 15 is 0 Å². The summed E-state index contributed by atoms with van der Waals surface area (Å²) in [6.45, 7) is 0. The van der Waals surface area contributed by atoms with E-state index in [1.54, 1.807) is 30.3 Å². The first kappa shape index (κ1) is 20.5. The highest BCUT2D eigenvalue weighted by Crippen LogP contribution is 2.32. The molecule has 1 aliphatic rings. The van der Waals surface area contributed by atoms with Crippen LogP contribution in [-0.2, 0) is 10.0 Å². The molecule has 0 bridgehead atoms. The smallest absolute Gasteiger partial charge is 0.265 e. The number of rotatable bonds is 7. The number of hydrogen-bond acceptors (Lipinski definition) is 5. The second kappa shape index (κ2) is 8.17. The molecule has 1 aromatic heterocycles. The Kier molecular flexibility index (Phi) is 5.59. The van der Waals surface area contributed by atoms with Crippen LogP contribution in [0.15, 0.2) is 59.5 Å². The summed E-state index contributed by atoms with van der Waals surface area (Å²) in [5.74, 6) is -0.473. The molecular formula is C21H19FN2O4S2. The Morgan fingerprint density at radius 1 is 1.13 bits per heavy atom. The van der Waals surface area contributed by atoms with Gasteiger partial charge < -0.3 is 10.1 Å². The average molecular weight is 447 g/mol. The maximum Gasteiger partial charge on any atom is 0.265 e. The monoisotopic (exact) mass is 446 g/mol. The van der Waals surface area contributed by atoms with Gasteiger partial charge in [-0.1, -0.05) is 18.2 Å². The van der Waals surface area contributed by atoms with E-state index in [9.17, 15) is 17.6 Å². The van der Waals surface area contributed by atoms with Crippen LogP contribution in [0.4, 0.5) is 10.1 Å². The number of carbonyl (C=O) groups is 1. The summed E-state index contributed by atoms with van der Waals surface area (Å²) in [5, 5.41) is 2.70. The number of hydrogen-bond donors (Lipinski definition) is 2. The molecule has 6 nitrogen and oxygen atoms in total. The molecule has 0 saturated heterocycles. The van der Waals surface area contributed by atoms with Crippen molar-refractivity contribution in [3.63, 3.8) is 0 Å². The van der Waals surface area contributed by atoms with Gasteiger partial charge in [-0.2, -0.15) is 0 Å². The van der Waals surface area contributed by atoms with Gasteiger partial charge in [0, 0.05) is 16.5 Å². The minimum absolute atomic E-state index is 0.0296. The predicted molar refractivity (Wildman–Crippen MR) is 114 cm³/mol. The minimum atomic E-state index is -3.68. The second-order valence-corrected chi connectivity index (χ2v) is 9.65. The summed E-state index contributed by atoms with van der Waals surface area (Å²) < 4.78 is 46.8. The topological polar surface area (TPSA) is 84.5 Å². The van der Waals surface area contributed by atoms with Crippen molar-refractivity contribution in [2.45, 2.75) is 23.8 Å². The van der Waals surface area contributed by atoms with E-state index in [2.05, 4.69) is 10.0 Å². The SMILES string of the molecule is COc1ccc(S(=O)(=O)NC2CC2)cc1NC(=O)c1ccc(-c2ccccc2F)s1. The number of carbonyl (C=O) groups excluding carboxylic acids is 1. The third kappa shape index (κ3) is 4.38. The van der Waals surface area contributed by atoms with Crippen LogP contribution in [-0.4, -0.2) is 27.5 Å². The van der Waals surface area contributed by atoms with Crippen LogP contribution in [0.1, 0.15) is 22.5 Å². The molecule has 0 unspecified atom stereocenters. The zero-order valence-corrected chi connectivity index (χ0v) is 17.6. The number of halogens is 1. The van der Waals surface area contributed by atoms with Crippen molar-refractivity contribution in [1.29, 1.82) is 0 Å². The maximum atomic E-state index is 14.0. The van der Waals surface area contributed by atoms with Crippen LogP contribution in [0.25, 0.3) is 10.4 Å². The molecule has 1 amide bonds. The second-order valence-electron chi connectivity index (χ2n) is 6.86. The van der Waals surface area contributed by atoms with Crippen molar-refractivity contribution in [2.24, 2.45) is 0 Å². The number of methoxy groups -OCH3 is 1. The Hall–Kier alpha value is -2.75. The standard InChI is InChI=1S/C21H19FN2O4S2/c1-28-18-9-8-14(30(26,27)24-13-6-7-13)12-17(18)23-21(25)20-11-10-19(29-20)15-4-2-3-5-16(15)22/h2-5,8-13,24H,6-7H2,1H3,(H,23,25). The number of benzene rings is 2. The average Bonchev–Trinajstić information content (AvgIpc) is 3.38. The summed E-state index contributed by atoms with van der Waals surface area (Å²) in [6.07, 6.45) is 1.64. The first-order valence-corrected chi connectivity index (χ1v) is 11.5. The number of nitrogens with one attached hydrogen (secondary N) is 2. The molecule has 0 spiro atoms. The van der Waals surface area contributed by atoms with Gasteiger partial charge in [0.2, 0.25) is 10.0 Å². The maximum absolute atomic E-state index is 14.0. The number of amides is 1. The van der Waals surface area contributed by atoms with Gasteiger partial charge in [-0.05, 0) is 49.2 Å². The predicted octanol–water partition coefficient (Wildman–Crippen LogP) is 4.26. The van der Waals surface area contributed by atoms with Crippen LogP contribution >= 0.6 is 11.3 Å². The molecule has 2 N–H and O–H groups in total. The molecule has 0 radical (unpaired) electrons. The van der Waals surface area contributed by atoms with Gasteiger partial charge in [0.1, 0.15) is 11.6 Å². The lowest BCUT2D eigenvalue weighted by atomic mass is 10.2. The zero-order chi connectivity index (χ0) is 21.3. The minimum Gasteiger partial charge on any atom is -0.495 e. The molecule has 1 fully saturated rings. The fourth-order valence-corrected chi connectivity index (χ4v) is 5.15. The van der Waals surface area contributed by atoms with Crippen molar-refractivity contribution >= 4 is 33.0 Å². The lowest BCUT2D eigenvalue weighted by molar-refractivity contribution is 0.103. The Morgan fingerprint density at radius 2 is 1.90 bits per heavy atom. The first-order chi connectivity index (χ1) is 14.4. The summed E-state index contributed by atoms with van der Waals surface area (Å²) >= 11 is 1.14. The Balaban J connectivity index is 1.58. The molecular weight excluding hydrogens is 427 g/mol. The first-order valence-electron chi connectivity index (χ1n) is 9.24. The van der Waals surface area contributed by atoms with Gasteiger partial charge in [0.15, 0.2) is 0 Å². The highest BCUT2D eigenvalue weighted by molar-refractivity contribution is 7.89. The van der Waals surface area contributed by atoms with Gasteiger partial charge in [-0.25, -0.2) is 17.5 Å². The van der Waals surface area contributed by atoms with Crippen LogP contribution in [0.3, 0.4) is 0 Å². The third-order valence-corrected chi connectivity index (χ3v) is 7.23. The number of thiophene rings is 1. The van der Waals surface area contributed by atoms with E-state index in [1.165, 1.54) is 31.4 Å². The fourth-order valence-electron chi connectivity index (χ4n) is 2.89. The highest BCUT2D eigenvalue weighted by Gasteiger charge is 2.28. The molecule has 156 valence electrons. The van der Waals surface area contributed by atoms with E-state index in [4.69, 9.17) is 4.74 Å². The van der Waals surface area contributed by atoms with Crippen LogP contribution in [0, 0.1) is 5.82 Å². The zero-order valence-electron chi connectivity index (χ0n) is 16.0. The summed E-state index contributed by atoms with van der Waals surface area (Å²) in [4.78, 5) is 13.8. The van der Waals surface area contributed by atoms with Gasteiger partial charge in [-0.3, -0.25) is 4.79 Å². The van der Waals surface area contributed by atoms with E-state index in [-0.39, 0.29) is 22.4 Å². The van der Waals surface area contributed by atoms with Gasteiger partial charge >= 0.3 is 0 Å². The quantitative estimate of drug-likeness (QED) is 0.568. The normalized spacial score (nSPS) is 13.8. The molecule has 1 aliphatic carbocycles. The third-order valence-electron chi connectivity index (χ3n) is 4.60. The van der Waals surface area contributed by atoms with Gasteiger partial charge in [-0.15, -0.1) is 11.3 Å². The summed E-state index contributed by atoms with van der Waals surface area (Å²) in [5.41, 5.74) is 0.653. The molecule has 2 aromatic carbocycles. The van der Waals surface area contributed by atoms with Crippen molar-refractivity contribution in [1.82, 2.24) is 4.72 Å². The van der Waals surface area contributed by atoms with Gasteiger partial charge in [0.05, 0.1) is 22.6 Å². The number of anilines is 1. The van der Waals surface area contributed by atoms with E-state index in [0.717, 1.165) is 24.2 Å². The van der Waals surface area contributed by atoms with Crippen molar-refractivity contribution in [3.8, 4) is 16.2 Å². The lowest BCUT2D eigenvalue weighted by Gasteiger charge is -2.12. The van der Waals surface area contributed by atoms with Crippen LogP contribution in [0.2, 0.25) is 0 Å². The van der Waals surface area contributed by atoms with Crippen LogP contribution < -0.4 is 14.8 Å². The number of sulfonamides is 1.